The van der Waals surface area contributed by atoms with Gasteiger partial charge >= 0.3 is 0 Å². The van der Waals surface area contributed by atoms with Crippen LogP contribution < -0.4 is 0 Å². The molecule has 0 aliphatic heterocycles. The zero-order chi connectivity index (χ0) is 15.8. The van der Waals surface area contributed by atoms with Crippen LogP contribution in [0.1, 0.15) is 58.1 Å². The summed E-state index contributed by atoms with van der Waals surface area (Å²) in [5.41, 5.74) is 0.819. The van der Waals surface area contributed by atoms with Crippen LogP contribution in [0.4, 0.5) is 0 Å². The smallest absolute Gasteiger partial charge is 0.0816 e. The summed E-state index contributed by atoms with van der Waals surface area (Å²) in [5, 5.41) is 11.0. The van der Waals surface area contributed by atoms with Crippen molar-refractivity contribution in [2.24, 2.45) is 0 Å². The van der Waals surface area contributed by atoms with Gasteiger partial charge in [-0.3, -0.25) is 0 Å². The fourth-order valence-electron chi connectivity index (χ4n) is 2.39. The predicted octanol–water partition coefficient (Wildman–Crippen LogP) is 5.43. The second-order valence-electron chi connectivity index (χ2n) is 5.62. The van der Waals surface area contributed by atoms with Crippen molar-refractivity contribution in [3.63, 3.8) is 0 Å². The van der Waals surface area contributed by atoms with Gasteiger partial charge in [-0.15, -0.1) is 0 Å². The Morgan fingerprint density at radius 1 is 1.29 bits per heavy atom. The maximum absolute atomic E-state index is 10.4. The molecule has 0 aliphatic rings. The molecule has 2 unspecified atom stereocenters. The van der Waals surface area contributed by atoms with Crippen LogP contribution in [0, 0.1) is 0 Å². The third kappa shape index (κ3) is 6.27. The fourth-order valence-corrected chi connectivity index (χ4v) is 3.19. The average Bonchev–Trinajstić information content (AvgIpc) is 2.46. The quantitative estimate of drug-likeness (QED) is 0.621. The van der Waals surface area contributed by atoms with E-state index in [9.17, 15) is 5.11 Å². The van der Waals surface area contributed by atoms with E-state index in [1.165, 1.54) is 12.8 Å². The molecule has 21 heavy (non-hydrogen) atoms. The minimum absolute atomic E-state index is 0.501. The molecule has 0 bridgehead atoms. The number of hydrogen-bond acceptors (Lipinski definition) is 2. The lowest BCUT2D eigenvalue weighted by Crippen LogP contribution is -2.35. The summed E-state index contributed by atoms with van der Waals surface area (Å²) in [6, 6.07) is 6.22. The van der Waals surface area contributed by atoms with E-state index >= 15 is 0 Å². The first-order chi connectivity index (χ1) is 9.99. The number of benzene rings is 1. The van der Waals surface area contributed by atoms with Crippen molar-refractivity contribution < 1.29 is 5.11 Å². The highest BCUT2D eigenvalue weighted by Gasteiger charge is 2.16. The third-order valence-corrected chi connectivity index (χ3v) is 4.84. The van der Waals surface area contributed by atoms with E-state index in [-0.39, 0.29) is 0 Å². The summed E-state index contributed by atoms with van der Waals surface area (Å²) in [6.45, 7) is 8.69. The molecule has 1 aromatic rings. The van der Waals surface area contributed by atoms with Crippen molar-refractivity contribution in [3.8, 4) is 0 Å². The highest BCUT2D eigenvalue weighted by molar-refractivity contribution is 9.10. The Bertz CT molecular complexity index is 427. The van der Waals surface area contributed by atoms with E-state index in [0.717, 1.165) is 36.0 Å². The summed E-state index contributed by atoms with van der Waals surface area (Å²) in [7, 11) is 0. The maximum Gasteiger partial charge on any atom is 0.0816 e. The Hall–Kier alpha value is -0.0900. The van der Waals surface area contributed by atoms with Crippen LogP contribution in [0.5, 0.6) is 0 Å². The molecule has 0 spiro atoms. The van der Waals surface area contributed by atoms with Crippen molar-refractivity contribution in [2.45, 2.75) is 58.6 Å². The van der Waals surface area contributed by atoms with E-state index in [1.54, 1.807) is 0 Å². The van der Waals surface area contributed by atoms with Gasteiger partial charge in [-0.2, -0.15) is 0 Å². The van der Waals surface area contributed by atoms with Gasteiger partial charge in [-0.25, -0.2) is 0 Å². The topological polar surface area (TPSA) is 23.5 Å². The van der Waals surface area contributed by atoms with Crippen LogP contribution in [0.3, 0.4) is 0 Å². The number of nitrogens with zero attached hydrogens (tertiary/aromatic N) is 1. The summed E-state index contributed by atoms with van der Waals surface area (Å²) >= 11 is 9.60. The highest BCUT2D eigenvalue weighted by atomic mass is 79.9. The second-order valence-corrected chi connectivity index (χ2v) is 6.94. The fraction of sp³-hybridized carbons (Fsp3) is 0.647. The van der Waals surface area contributed by atoms with Gasteiger partial charge in [0.2, 0.25) is 0 Å². The number of aliphatic hydroxyl groups excluding tert-OH is 1. The first-order valence-corrected chi connectivity index (χ1v) is 9.03. The second kappa shape index (κ2) is 9.83. The molecule has 0 radical (unpaired) electrons. The lowest BCUT2D eigenvalue weighted by atomic mass is 10.1. The summed E-state index contributed by atoms with van der Waals surface area (Å²) in [4.78, 5) is 2.47. The van der Waals surface area contributed by atoms with Gasteiger partial charge in [-0.05, 0) is 50.4 Å². The molecule has 0 fully saturated rings. The number of halogens is 2. The summed E-state index contributed by atoms with van der Waals surface area (Å²) in [6.07, 6.45) is 3.76. The van der Waals surface area contributed by atoms with E-state index < -0.39 is 6.10 Å². The van der Waals surface area contributed by atoms with E-state index in [0.29, 0.717) is 11.1 Å². The molecule has 4 heteroatoms. The van der Waals surface area contributed by atoms with Gasteiger partial charge in [0.25, 0.3) is 0 Å². The van der Waals surface area contributed by atoms with Crippen LogP contribution in [-0.4, -0.2) is 29.1 Å². The van der Waals surface area contributed by atoms with E-state index in [2.05, 4.69) is 41.6 Å². The summed E-state index contributed by atoms with van der Waals surface area (Å²) < 4.78 is 0.938. The Morgan fingerprint density at radius 2 is 2.00 bits per heavy atom. The molecular formula is C17H27BrClNO. The van der Waals surface area contributed by atoms with Gasteiger partial charge in [0.05, 0.1) is 6.10 Å². The molecule has 1 N–H and O–H groups in total. The number of rotatable bonds is 9. The molecular weight excluding hydrogens is 350 g/mol. The Kier molecular flexibility index (Phi) is 8.88. The lowest BCUT2D eigenvalue weighted by Gasteiger charge is -2.29. The van der Waals surface area contributed by atoms with Crippen LogP contribution in [-0.2, 0) is 0 Å². The summed E-state index contributed by atoms with van der Waals surface area (Å²) in [5.74, 6) is 0. The normalized spacial score (nSPS) is 14.4. The molecule has 0 saturated carbocycles. The highest BCUT2D eigenvalue weighted by Crippen LogP contribution is 2.28. The van der Waals surface area contributed by atoms with Crippen LogP contribution in [0.25, 0.3) is 0 Å². The van der Waals surface area contributed by atoms with Crippen molar-refractivity contribution in [3.05, 3.63) is 33.3 Å². The molecule has 1 aromatic carbocycles. The van der Waals surface area contributed by atoms with Gasteiger partial charge in [0, 0.05) is 22.1 Å². The zero-order valence-electron chi connectivity index (χ0n) is 13.3. The monoisotopic (exact) mass is 375 g/mol. The molecule has 0 aliphatic carbocycles. The first kappa shape index (κ1) is 19.0. The molecule has 0 aromatic heterocycles. The molecule has 0 amide bonds. The van der Waals surface area contributed by atoms with Crippen molar-refractivity contribution in [1.82, 2.24) is 4.90 Å². The number of aliphatic hydroxyl groups is 1. The molecule has 1 rings (SSSR count). The maximum atomic E-state index is 10.4. The Labute approximate surface area is 142 Å². The van der Waals surface area contributed by atoms with Gasteiger partial charge in [0.15, 0.2) is 0 Å². The molecule has 120 valence electrons. The van der Waals surface area contributed by atoms with Crippen LogP contribution >= 0.6 is 27.5 Å². The molecule has 0 saturated heterocycles. The van der Waals surface area contributed by atoms with Gasteiger partial charge < -0.3 is 10.0 Å². The average molecular weight is 377 g/mol. The first-order valence-electron chi connectivity index (χ1n) is 7.86. The van der Waals surface area contributed by atoms with Crippen molar-refractivity contribution in [1.29, 1.82) is 0 Å². The standard InChI is InChI=1S/C17H27BrClNO/c1-4-6-10-20(13(3)5-2)11-9-17(21)15-8-7-14(18)12-16(15)19/h7-8,12-13,17,21H,4-6,9-11H2,1-3H3. The number of hydrogen-bond donors (Lipinski definition) is 1. The minimum Gasteiger partial charge on any atom is -0.388 e. The predicted molar refractivity (Wildman–Crippen MR) is 95.0 cm³/mol. The third-order valence-electron chi connectivity index (χ3n) is 4.02. The van der Waals surface area contributed by atoms with Crippen molar-refractivity contribution >= 4 is 27.5 Å². The lowest BCUT2D eigenvalue weighted by molar-refractivity contribution is 0.124. The van der Waals surface area contributed by atoms with E-state index in [1.807, 2.05) is 18.2 Å². The van der Waals surface area contributed by atoms with Crippen LogP contribution in [0.15, 0.2) is 22.7 Å². The van der Waals surface area contributed by atoms with Gasteiger partial charge in [-0.1, -0.05) is 53.9 Å². The largest absolute Gasteiger partial charge is 0.388 e. The molecule has 2 nitrogen and oxygen atoms in total. The Balaban J connectivity index is 2.61. The SMILES string of the molecule is CCCCN(CCC(O)c1ccc(Br)cc1Cl)C(C)CC. The van der Waals surface area contributed by atoms with E-state index in [4.69, 9.17) is 11.6 Å². The molecule has 2 atom stereocenters. The molecule has 0 heterocycles. The zero-order valence-corrected chi connectivity index (χ0v) is 15.6. The van der Waals surface area contributed by atoms with Crippen LogP contribution in [0.2, 0.25) is 5.02 Å². The number of unbranched alkanes of at least 4 members (excludes halogenated alkanes) is 1. The minimum atomic E-state index is -0.501. The van der Waals surface area contributed by atoms with Crippen molar-refractivity contribution in [2.75, 3.05) is 13.1 Å². The Morgan fingerprint density at radius 3 is 2.57 bits per heavy atom. The van der Waals surface area contributed by atoms with Gasteiger partial charge in [0.1, 0.15) is 0 Å².